The van der Waals surface area contributed by atoms with Crippen molar-refractivity contribution in [3.63, 3.8) is 0 Å². The van der Waals surface area contributed by atoms with Crippen molar-refractivity contribution in [3.8, 4) is 0 Å². The maximum atomic E-state index is 11.4. The molecule has 0 bridgehead atoms. The summed E-state index contributed by atoms with van der Waals surface area (Å²) in [6.07, 6.45) is 1.77. The van der Waals surface area contributed by atoms with Crippen molar-refractivity contribution in [1.29, 1.82) is 0 Å². The second-order valence-corrected chi connectivity index (χ2v) is 5.56. The van der Waals surface area contributed by atoms with E-state index >= 15 is 0 Å². The van der Waals surface area contributed by atoms with Gasteiger partial charge in [0.05, 0.1) is 5.69 Å². The first-order chi connectivity index (χ1) is 11.0. The fraction of sp³-hybridized carbons (Fsp3) is 0.125. The van der Waals surface area contributed by atoms with Crippen LogP contribution >= 0.6 is 11.6 Å². The summed E-state index contributed by atoms with van der Waals surface area (Å²) in [4.78, 5) is 15.5. The van der Waals surface area contributed by atoms with Crippen molar-refractivity contribution in [2.24, 2.45) is 10.2 Å². The van der Waals surface area contributed by atoms with E-state index in [0.29, 0.717) is 16.4 Å². The van der Waals surface area contributed by atoms with Crippen molar-refractivity contribution in [2.75, 3.05) is 0 Å². The predicted octanol–water partition coefficient (Wildman–Crippen LogP) is 4.72. The smallest absolute Gasteiger partial charge is 0.358 e. The fourth-order valence-electron chi connectivity index (χ4n) is 2.13. The number of carboxylic acids is 1. The molecule has 3 rings (SSSR count). The van der Waals surface area contributed by atoms with E-state index in [0.717, 1.165) is 11.1 Å². The van der Waals surface area contributed by atoms with Crippen LogP contribution in [0.15, 0.2) is 46.8 Å². The molecule has 116 valence electrons. The van der Waals surface area contributed by atoms with Crippen LogP contribution in [0.1, 0.15) is 21.6 Å². The number of benzene rings is 1. The standard InChI is InChI=1S/C16H13ClN4O2/c1-9-3-6-13-18-14(16(22)23)15(21(13)8-9)20-19-11-5-4-10(2)12(17)7-11/h3-8H,1-2H3,(H,22,23). The first kappa shape index (κ1) is 15.2. The summed E-state index contributed by atoms with van der Waals surface area (Å²) < 4.78 is 1.61. The molecule has 2 aromatic heterocycles. The van der Waals surface area contributed by atoms with E-state index in [-0.39, 0.29) is 11.5 Å². The molecule has 0 aliphatic heterocycles. The van der Waals surface area contributed by atoms with Crippen LogP contribution in [0.2, 0.25) is 5.02 Å². The summed E-state index contributed by atoms with van der Waals surface area (Å²) in [5.41, 5.74) is 2.80. The molecule has 23 heavy (non-hydrogen) atoms. The highest BCUT2D eigenvalue weighted by Crippen LogP contribution is 2.27. The Bertz CT molecular complexity index is 947. The molecule has 0 radical (unpaired) electrons. The Morgan fingerprint density at radius 2 is 2.00 bits per heavy atom. The summed E-state index contributed by atoms with van der Waals surface area (Å²) in [5, 5.41) is 18.1. The molecule has 1 aromatic carbocycles. The number of rotatable bonds is 3. The van der Waals surface area contributed by atoms with Gasteiger partial charge in [-0.1, -0.05) is 23.7 Å². The lowest BCUT2D eigenvalue weighted by molar-refractivity contribution is 0.0692. The zero-order chi connectivity index (χ0) is 16.6. The van der Waals surface area contributed by atoms with Crippen LogP contribution in [0.3, 0.4) is 0 Å². The first-order valence-corrected chi connectivity index (χ1v) is 7.23. The Kier molecular flexibility index (Phi) is 3.83. The van der Waals surface area contributed by atoms with Gasteiger partial charge >= 0.3 is 5.97 Å². The molecule has 0 fully saturated rings. The molecule has 0 saturated heterocycles. The van der Waals surface area contributed by atoms with Crippen LogP contribution in [0.4, 0.5) is 11.5 Å². The first-order valence-electron chi connectivity index (χ1n) is 6.85. The lowest BCUT2D eigenvalue weighted by Crippen LogP contribution is -1.96. The number of pyridine rings is 1. The molecule has 3 aromatic rings. The van der Waals surface area contributed by atoms with Gasteiger partial charge in [-0.15, -0.1) is 10.2 Å². The van der Waals surface area contributed by atoms with E-state index < -0.39 is 5.97 Å². The third-order valence-corrected chi connectivity index (χ3v) is 3.77. The second kappa shape index (κ2) is 5.81. The van der Waals surface area contributed by atoms with Gasteiger partial charge in [-0.2, -0.15) is 0 Å². The number of nitrogens with zero attached hydrogens (tertiary/aromatic N) is 4. The number of carboxylic acid groups (broad SMARTS) is 1. The molecule has 0 saturated carbocycles. The Balaban J connectivity index is 2.12. The monoisotopic (exact) mass is 328 g/mol. The molecule has 1 N–H and O–H groups in total. The van der Waals surface area contributed by atoms with Gasteiger partial charge in [-0.05, 0) is 43.2 Å². The molecule has 0 aliphatic carbocycles. The van der Waals surface area contributed by atoms with Crippen LogP contribution in [0.5, 0.6) is 0 Å². The van der Waals surface area contributed by atoms with E-state index in [1.165, 1.54) is 0 Å². The maximum Gasteiger partial charge on any atom is 0.358 e. The van der Waals surface area contributed by atoms with Crippen LogP contribution in [-0.2, 0) is 0 Å². The molecule has 0 atom stereocenters. The largest absolute Gasteiger partial charge is 0.476 e. The molecule has 0 unspecified atom stereocenters. The van der Waals surface area contributed by atoms with Crippen molar-refractivity contribution in [3.05, 3.63) is 58.4 Å². The molecule has 2 heterocycles. The Morgan fingerprint density at radius 1 is 1.22 bits per heavy atom. The fourth-order valence-corrected chi connectivity index (χ4v) is 2.30. The van der Waals surface area contributed by atoms with Crippen molar-refractivity contribution < 1.29 is 9.90 Å². The number of hydrogen-bond donors (Lipinski definition) is 1. The van der Waals surface area contributed by atoms with E-state index in [1.54, 1.807) is 28.8 Å². The molecule has 6 nitrogen and oxygen atoms in total. The molecular weight excluding hydrogens is 316 g/mol. The third kappa shape index (κ3) is 2.93. The lowest BCUT2D eigenvalue weighted by Gasteiger charge is -1.99. The lowest BCUT2D eigenvalue weighted by atomic mass is 10.2. The number of aromatic nitrogens is 2. The number of hydrogen-bond acceptors (Lipinski definition) is 4. The van der Waals surface area contributed by atoms with Gasteiger partial charge in [0.2, 0.25) is 0 Å². The van der Waals surface area contributed by atoms with Crippen LogP contribution in [0.25, 0.3) is 5.65 Å². The minimum Gasteiger partial charge on any atom is -0.476 e. The van der Waals surface area contributed by atoms with Crippen molar-refractivity contribution in [2.45, 2.75) is 13.8 Å². The van der Waals surface area contributed by atoms with Crippen LogP contribution in [-0.4, -0.2) is 20.5 Å². The van der Waals surface area contributed by atoms with Gasteiger partial charge in [-0.25, -0.2) is 9.78 Å². The number of aryl methyl sites for hydroxylation is 2. The van der Waals surface area contributed by atoms with Gasteiger partial charge < -0.3 is 5.11 Å². The normalized spacial score (nSPS) is 11.4. The third-order valence-electron chi connectivity index (χ3n) is 3.36. The highest BCUT2D eigenvalue weighted by Gasteiger charge is 2.18. The van der Waals surface area contributed by atoms with Gasteiger partial charge in [-0.3, -0.25) is 4.40 Å². The van der Waals surface area contributed by atoms with Crippen molar-refractivity contribution >= 4 is 34.7 Å². The van der Waals surface area contributed by atoms with Gasteiger partial charge in [0.25, 0.3) is 0 Å². The maximum absolute atomic E-state index is 11.4. The topological polar surface area (TPSA) is 79.3 Å². The van der Waals surface area contributed by atoms with E-state index in [4.69, 9.17) is 11.6 Å². The van der Waals surface area contributed by atoms with Crippen LogP contribution < -0.4 is 0 Å². The Hall–Kier alpha value is -2.73. The molecule has 0 amide bonds. The van der Waals surface area contributed by atoms with Crippen molar-refractivity contribution in [1.82, 2.24) is 9.38 Å². The quantitative estimate of drug-likeness (QED) is 0.706. The number of azo groups is 1. The predicted molar refractivity (Wildman–Crippen MR) is 87.3 cm³/mol. The summed E-state index contributed by atoms with van der Waals surface area (Å²) in [6.45, 7) is 3.79. The number of halogens is 1. The summed E-state index contributed by atoms with van der Waals surface area (Å²) in [7, 11) is 0. The Labute approximate surface area is 137 Å². The van der Waals surface area contributed by atoms with E-state index in [2.05, 4.69) is 15.2 Å². The zero-order valence-corrected chi connectivity index (χ0v) is 13.2. The number of carbonyl (C=O) groups is 1. The van der Waals surface area contributed by atoms with Gasteiger partial charge in [0, 0.05) is 11.2 Å². The minimum absolute atomic E-state index is 0.141. The van der Waals surface area contributed by atoms with Gasteiger partial charge in [0.1, 0.15) is 5.65 Å². The highest BCUT2D eigenvalue weighted by atomic mass is 35.5. The number of aromatic carboxylic acids is 1. The Morgan fingerprint density at radius 3 is 2.70 bits per heavy atom. The SMILES string of the molecule is Cc1ccc2nc(C(=O)O)c(N=Nc3ccc(C)c(Cl)c3)n2c1. The molecule has 0 aliphatic rings. The number of imidazole rings is 1. The second-order valence-electron chi connectivity index (χ2n) is 5.16. The van der Waals surface area contributed by atoms with Crippen LogP contribution in [0, 0.1) is 13.8 Å². The zero-order valence-electron chi connectivity index (χ0n) is 12.5. The molecular formula is C16H13ClN4O2. The van der Waals surface area contributed by atoms with E-state index in [9.17, 15) is 9.90 Å². The van der Waals surface area contributed by atoms with E-state index in [1.807, 2.05) is 26.0 Å². The minimum atomic E-state index is -1.15. The number of fused-ring (bicyclic) bond motifs is 1. The molecule has 0 spiro atoms. The summed E-state index contributed by atoms with van der Waals surface area (Å²) in [5.74, 6) is -0.977. The summed E-state index contributed by atoms with van der Waals surface area (Å²) >= 11 is 6.06. The average molecular weight is 329 g/mol. The van der Waals surface area contributed by atoms with Gasteiger partial charge in [0.15, 0.2) is 11.5 Å². The summed E-state index contributed by atoms with van der Waals surface area (Å²) in [6, 6.07) is 8.86. The highest BCUT2D eigenvalue weighted by molar-refractivity contribution is 6.31. The average Bonchev–Trinajstić information content (AvgIpc) is 2.86. The molecule has 7 heteroatoms.